The highest BCUT2D eigenvalue weighted by Crippen LogP contribution is 2.25. The van der Waals surface area contributed by atoms with Crippen molar-refractivity contribution in [3.63, 3.8) is 0 Å². The van der Waals surface area contributed by atoms with Crippen molar-refractivity contribution < 1.29 is 9.84 Å². The Morgan fingerprint density at radius 1 is 1.31 bits per heavy atom. The summed E-state index contributed by atoms with van der Waals surface area (Å²) in [6, 6.07) is 0. The minimum atomic E-state index is -0.622. The molecule has 0 saturated heterocycles. The van der Waals surface area contributed by atoms with Crippen LogP contribution in [0.15, 0.2) is 12.4 Å². The van der Waals surface area contributed by atoms with E-state index >= 15 is 0 Å². The van der Waals surface area contributed by atoms with Crippen molar-refractivity contribution >= 4 is 0 Å². The van der Waals surface area contributed by atoms with E-state index in [1.807, 2.05) is 13.8 Å². The van der Waals surface area contributed by atoms with E-state index in [0.717, 1.165) is 0 Å². The van der Waals surface area contributed by atoms with Crippen LogP contribution in [0.3, 0.4) is 0 Å². The maximum atomic E-state index is 9.73. The molecule has 1 rings (SSSR count). The molecule has 0 fully saturated rings. The lowest BCUT2D eigenvalue weighted by Gasteiger charge is -2.15. The average Bonchev–Trinajstić information content (AvgIpc) is 2.16. The third-order valence-electron chi connectivity index (χ3n) is 1.80. The molecule has 0 bridgehead atoms. The van der Waals surface area contributed by atoms with Gasteiger partial charge >= 0.3 is 0 Å². The van der Waals surface area contributed by atoms with Gasteiger partial charge in [-0.25, -0.2) is 4.98 Å². The summed E-state index contributed by atoms with van der Waals surface area (Å²) in [4.78, 5) is 7.99. The van der Waals surface area contributed by atoms with Crippen LogP contribution in [-0.4, -0.2) is 22.2 Å². The predicted octanol–water partition coefficient (Wildman–Crippen LogP) is 1.17. The first-order chi connectivity index (χ1) is 6.16. The Balaban J connectivity index is 2.98. The fourth-order valence-electron chi connectivity index (χ4n) is 1.01. The van der Waals surface area contributed by atoms with Crippen molar-refractivity contribution in [1.82, 2.24) is 9.97 Å². The number of hydrogen-bond acceptors (Lipinski definition) is 4. The molecule has 72 valence electrons. The second-order valence-electron chi connectivity index (χ2n) is 3.14. The maximum Gasteiger partial charge on any atom is 0.238 e. The number of methoxy groups -OCH3 is 1. The largest absolute Gasteiger partial charge is 0.480 e. The standard InChI is InChI=1S/C9H14N2O2/c1-6(2)8(12)7-9(13-3)11-5-4-10-7/h4-6,8,12H,1-3H3/t8-/m0/s1. The summed E-state index contributed by atoms with van der Waals surface area (Å²) < 4.78 is 4.98. The van der Waals surface area contributed by atoms with Gasteiger partial charge in [-0.3, -0.25) is 4.98 Å². The maximum absolute atomic E-state index is 9.73. The zero-order valence-electron chi connectivity index (χ0n) is 8.06. The Kier molecular flexibility index (Phi) is 3.19. The quantitative estimate of drug-likeness (QED) is 0.762. The highest BCUT2D eigenvalue weighted by Gasteiger charge is 2.18. The molecule has 13 heavy (non-hydrogen) atoms. The molecule has 1 aromatic rings. The average molecular weight is 182 g/mol. The molecule has 4 nitrogen and oxygen atoms in total. The molecular weight excluding hydrogens is 168 g/mol. The van der Waals surface area contributed by atoms with E-state index in [1.54, 1.807) is 6.20 Å². The van der Waals surface area contributed by atoms with E-state index in [9.17, 15) is 5.11 Å². The summed E-state index contributed by atoms with van der Waals surface area (Å²) in [5.41, 5.74) is 0.500. The first kappa shape index (κ1) is 9.92. The van der Waals surface area contributed by atoms with Crippen LogP contribution < -0.4 is 4.74 Å². The van der Waals surface area contributed by atoms with Gasteiger partial charge in [-0.05, 0) is 5.92 Å². The topological polar surface area (TPSA) is 55.2 Å². The van der Waals surface area contributed by atoms with Gasteiger partial charge in [0.1, 0.15) is 11.8 Å². The van der Waals surface area contributed by atoms with E-state index in [1.165, 1.54) is 13.3 Å². The van der Waals surface area contributed by atoms with Gasteiger partial charge in [0, 0.05) is 12.4 Å². The summed E-state index contributed by atoms with van der Waals surface area (Å²) in [6.45, 7) is 3.83. The lowest BCUT2D eigenvalue weighted by Crippen LogP contribution is -2.10. The van der Waals surface area contributed by atoms with Crippen LogP contribution in [0.1, 0.15) is 25.6 Å². The van der Waals surface area contributed by atoms with Crippen LogP contribution in [0.5, 0.6) is 5.88 Å². The smallest absolute Gasteiger partial charge is 0.238 e. The van der Waals surface area contributed by atoms with Crippen molar-refractivity contribution in [1.29, 1.82) is 0 Å². The van der Waals surface area contributed by atoms with E-state index in [2.05, 4.69) is 9.97 Å². The molecule has 0 spiro atoms. The van der Waals surface area contributed by atoms with Crippen LogP contribution in [0, 0.1) is 5.92 Å². The zero-order chi connectivity index (χ0) is 9.84. The molecule has 0 amide bonds. The highest BCUT2D eigenvalue weighted by atomic mass is 16.5. The Morgan fingerprint density at radius 2 is 1.92 bits per heavy atom. The second kappa shape index (κ2) is 4.18. The van der Waals surface area contributed by atoms with Crippen molar-refractivity contribution in [2.75, 3.05) is 7.11 Å². The third kappa shape index (κ3) is 2.15. The molecular formula is C9H14N2O2. The van der Waals surface area contributed by atoms with Crippen molar-refractivity contribution in [3.05, 3.63) is 18.1 Å². The van der Waals surface area contributed by atoms with E-state index < -0.39 is 6.10 Å². The van der Waals surface area contributed by atoms with Crippen LogP contribution in [-0.2, 0) is 0 Å². The molecule has 0 saturated carbocycles. The fourth-order valence-corrected chi connectivity index (χ4v) is 1.01. The van der Waals surface area contributed by atoms with Gasteiger partial charge in [-0.1, -0.05) is 13.8 Å². The SMILES string of the molecule is COc1nccnc1[C@@H](O)C(C)C. The molecule has 1 aromatic heterocycles. The zero-order valence-corrected chi connectivity index (χ0v) is 8.06. The third-order valence-corrected chi connectivity index (χ3v) is 1.80. The summed E-state index contributed by atoms with van der Waals surface area (Å²) >= 11 is 0. The molecule has 0 aliphatic carbocycles. The molecule has 0 unspecified atom stereocenters. The van der Waals surface area contributed by atoms with Gasteiger partial charge in [0.15, 0.2) is 0 Å². The van der Waals surface area contributed by atoms with Crippen LogP contribution >= 0.6 is 0 Å². The number of hydrogen-bond donors (Lipinski definition) is 1. The van der Waals surface area contributed by atoms with Gasteiger partial charge in [0.2, 0.25) is 5.88 Å². The van der Waals surface area contributed by atoms with Crippen LogP contribution in [0.25, 0.3) is 0 Å². The van der Waals surface area contributed by atoms with Gasteiger partial charge in [-0.15, -0.1) is 0 Å². The highest BCUT2D eigenvalue weighted by molar-refractivity contribution is 5.19. The Labute approximate surface area is 77.6 Å². The lowest BCUT2D eigenvalue weighted by atomic mass is 10.0. The van der Waals surface area contributed by atoms with Gasteiger partial charge < -0.3 is 9.84 Å². The second-order valence-corrected chi connectivity index (χ2v) is 3.14. The number of ether oxygens (including phenoxy) is 1. The molecule has 0 aliphatic heterocycles. The lowest BCUT2D eigenvalue weighted by molar-refractivity contribution is 0.118. The number of aliphatic hydroxyl groups is 1. The first-order valence-electron chi connectivity index (χ1n) is 4.19. The molecule has 1 N–H and O–H groups in total. The Hall–Kier alpha value is -1.16. The molecule has 0 aliphatic rings. The summed E-state index contributed by atoms with van der Waals surface area (Å²) in [5.74, 6) is 0.495. The number of aliphatic hydroxyl groups excluding tert-OH is 1. The molecule has 1 atom stereocenters. The van der Waals surface area contributed by atoms with E-state index in [-0.39, 0.29) is 5.92 Å². The van der Waals surface area contributed by atoms with Crippen molar-refractivity contribution in [2.45, 2.75) is 20.0 Å². The molecule has 4 heteroatoms. The molecule has 0 aromatic carbocycles. The van der Waals surface area contributed by atoms with Crippen molar-refractivity contribution in [3.8, 4) is 5.88 Å². The van der Waals surface area contributed by atoms with Gasteiger partial charge in [0.25, 0.3) is 0 Å². The van der Waals surface area contributed by atoms with Gasteiger partial charge in [-0.2, -0.15) is 0 Å². The summed E-state index contributed by atoms with van der Waals surface area (Å²) in [5, 5.41) is 9.73. The fraction of sp³-hybridized carbons (Fsp3) is 0.556. The Morgan fingerprint density at radius 3 is 2.46 bits per heavy atom. The summed E-state index contributed by atoms with van der Waals surface area (Å²) in [6.07, 6.45) is 2.46. The molecule has 0 radical (unpaired) electrons. The number of rotatable bonds is 3. The van der Waals surface area contributed by atoms with Crippen molar-refractivity contribution in [2.24, 2.45) is 5.92 Å². The van der Waals surface area contributed by atoms with Crippen LogP contribution in [0.4, 0.5) is 0 Å². The molecule has 1 heterocycles. The minimum absolute atomic E-state index is 0.102. The van der Waals surface area contributed by atoms with Gasteiger partial charge in [0.05, 0.1) is 7.11 Å². The minimum Gasteiger partial charge on any atom is -0.480 e. The summed E-state index contributed by atoms with van der Waals surface area (Å²) in [7, 11) is 1.51. The Bertz CT molecular complexity index is 276. The van der Waals surface area contributed by atoms with E-state index in [4.69, 9.17) is 4.74 Å². The number of aromatic nitrogens is 2. The predicted molar refractivity (Wildman–Crippen MR) is 48.4 cm³/mol. The van der Waals surface area contributed by atoms with Crippen LogP contribution in [0.2, 0.25) is 0 Å². The first-order valence-corrected chi connectivity index (χ1v) is 4.19. The monoisotopic (exact) mass is 182 g/mol. The normalized spacial score (nSPS) is 13.0. The number of nitrogens with zero attached hydrogens (tertiary/aromatic N) is 2. The van der Waals surface area contributed by atoms with E-state index in [0.29, 0.717) is 11.6 Å².